The molecule has 0 spiro atoms. The number of carbonyl (C=O) groups excluding carboxylic acids is 1. The summed E-state index contributed by atoms with van der Waals surface area (Å²) in [6.45, 7) is 1.27. The van der Waals surface area contributed by atoms with Crippen molar-refractivity contribution in [3.8, 4) is 5.75 Å². The second-order valence-electron chi connectivity index (χ2n) is 5.55. The number of halogens is 2. The number of ether oxygens (including phenoxy) is 1. The van der Waals surface area contributed by atoms with Gasteiger partial charge in [0.15, 0.2) is 0 Å². The van der Waals surface area contributed by atoms with E-state index in [0.29, 0.717) is 28.8 Å². The first-order valence-corrected chi connectivity index (χ1v) is 8.45. The highest BCUT2D eigenvalue weighted by atomic mass is 35.5. The van der Waals surface area contributed by atoms with Gasteiger partial charge in [-0.15, -0.1) is 0 Å². The average Bonchev–Trinajstić information content (AvgIpc) is 2.60. The molecule has 2 amide bonds. The van der Waals surface area contributed by atoms with E-state index in [-0.39, 0.29) is 12.1 Å². The standard InChI is InChI=1S/C17H17Cl2N3O2/c18-15-4-3-12(10-16(15)19)21-17(23)22-8-5-13(6-9-22)24-14-2-1-7-20-11-14/h1-4,7,10-11,13H,5-6,8-9H2,(H,21,23). The lowest BCUT2D eigenvalue weighted by molar-refractivity contribution is 0.115. The van der Waals surface area contributed by atoms with Crippen LogP contribution in [0.25, 0.3) is 0 Å². The zero-order chi connectivity index (χ0) is 16.9. The lowest BCUT2D eigenvalue weighted by Gasteiger charge is -2.32. The number of rotatable bonds is 3. The lowest BCUT2D eigenvalue weighted by atomic mass is 10.1. The van der Waals surface area contributed by atoms with Gasteiger partial charge in [-0.3, -0.25) is 4.98 Å². The minimum atomic E-state index is -0.145. The van der Waals surface area contributed by atoms with E-state index in [2.05, 4.69) is 10.3 Å². The summed E-state index contributed by atoms with van der Waals surface area (Å²) in [5, 5.41) is 3.71. The number of urea groups is 1. The summed E-state index contributed by atoms with van der Waals surface area (Å²) >= 11 is 11.8. The van der Waals surface area contributed by atoms with Crippen molar-refractivity contribution in [2.24, 2.45) is 0 Å². The largest absolute Gasteiger partial charge is 0.489 e. The lowest BCUT2D eigenvalue weighted by Crippen LogP contribution is -2.43. The van der Waals surface area contributed by atoms with E-state index in [1.807, 2.05) is 12.1 Å². The highest BCUT2D eigenvalue weighted by Gasteiger charge is 2.24. The van der Waals surface area contributed by atoms with Crippen LogP contribution >= 0.6 is 23.2 Å². The number of hydrogen-bond acceptors (Lipinski definition) is 3. The van der Waals surface area contributed by atoms with Gasteiger partial charge in [-0.05, 0) is 30.3 Å². The van der Waals surface area contributed by atoms with Gasteiger partial charge in [0.05, 0.1) is 16.2 Å². The van der Waals surface area contributed by atoms with E-state index in [1.165, 1.54) is 0 Å². The summed E-state index contributed by atoms with van der Waals surface area (Å²) in [5.74, 6) is 0.760. The molecule has 1 fully saturated rings. The molecular weight excluding hydrogens is 349 g/mol. The van der Waals surface area contributed by atoms with Gasteiger partial charge in [0.1, 0.15) is 11.9 Å². The molecule has 0 aliphatic carbocycles. The number of hydrogen-bond donors (Lipinski definition) is 1. The summed E-state index contributed by atoms with van der Waals surface area (Å²) in [4.78, 5) is 18.1. The maximum Gasteiger partial charge on any atom is 0.321 e. The van der Waals surface area contributed by atoms with Gasteiger partial charge >= 0.3 is 6.03 Å². The highest BCUT2D eigenvalue weighted by Crippen LogP contribution is 2.25. The maximum atomic E-state index is 12.3. The van der Waals surface area contributed by atoms with Gasteiger partial charge < -0.3 is 15.0 Å². The Labute approximate surface area is 150 Å². The first-order valence-electron chi connectivity index (χ1n) is 7.69. The van der Waals surface area contributed by atoms with Gasteiger partial charge in [-0.1, -0.05) is 23.2 Å². The molecule has 1 aromatic heterocycles. The number of nitrogens with one attached hydrogen (secondary N) is 1. The van der Waals surface area contributed by atoms with Gasteiger partial charge in [0.25, 0.3) is 0 Å². The van der Waals surface area contributed by atoms with Crippen LogP contribution in [0.5, 0.6) is 5.75 Å². The van der Waals surface area contributed by atoms with E-state index >= 15 is 0 Å². The average molecular weight is 366 g/mol. The number of aromatic nitrogens is 1. The minimum absolute atomic E-state index is 0.100. The third kappa shape index (κ3) is 4.30. The molecule has 0 radical (unpaired) electrons. The first kappa shape index (κ1) is 16.9. The number of benzene rings is 1. The van der Waals surface area contributed by atoms with Gasteiger partial charge in [0.2, 0.25) is 0 Å². The van der Waals surface area contributed by atoms with E-state index in [1.54, 1.807) is 35.5 Å². The molecule has 7 heteroatoms. The molecule has 1 aliphatic rings. The van der Waals surface area contributed by atoms with Crippen molar-refractivity contribution < 1.29 is 9.53 Å². The molecule has 0 bridgehead atoms. The molecule has 2 heterocycles. The minimum Gasteiger partial charge on any atom is -0.489 e. The van der Waals surface area contributed by atoms with Crippen molar-refractivity contribution in [3.63, 3.8) is 0 Å². The fourth-order valence-electron chi connectivity index (χ4n) is 2.56. The van der Waals surface area contributed by atoms with Crippen LogP contribution in [0.2, 0.25) is 10.0 Å². The number of amides is 2. The normalized spacial score (nSPS) is 15.2. The fraction of sp³-hybridized carbons (Fsp3) is 0.294. The van der Waals surface area contributed by atoms with Crippen molar-refractivity contribution in [2.75, 3.05) is 18.4 Å². The fourth-order valence-corrected chi connectivity index (χ4v) is 2.86. The van der Waals surface area contributed by atoms with Crippen LogP contribution in [0.1, 0.15) is 12.8 Å². The molecule has 126 valence electrons. The third-order valence-corrected chi connectivity index (χ3v) is 4.58. The number of nitrogens with zero attached hydrogens (tertiary/aromatic N) is 2. The predicted octanol–water partition coefficient (Wildman–Crippen LogP) is 4.46. The van der Waals surface area contributed by atoms with E-state index < -0.39 is 0 Å². The SMILES string of the molecule is O=C(Nc1ccc(Cl)c(Cl)c1)N1CCC(Oc2cccnc2)CC1. The van der Waals surface area contributed by atoms with Crippen molar-refractivity contribution >= 4 is 34.9 Å². The Bertz CT molecular complexity index is 704. The Morgan fingerprint density at radius 3 is 2.67 bits per heavy atom. The Morgan fingerprint density at radius 2 is 2.00 bits per heavy atom. The number of anilines is 1. The molecule has 0 atom stereocenters. The van der Waals surface area contributed by atoms with Crippen molar-refractivity contribution in [1.82, 2.24) is 9.88 Å². The van der Waals surface area contributed by atoms with Crippen LogP contribution in [0.15, 0.2) is 42.7 Å². The molecule has 0 saturated carbocycles. The number of likely N-dealkylation sites (tertiary alicyclic amines) is 1. The van der Waals surface area contributed by atoms with Crippen molar-refractivity contribution in [1.29, 1.82) is 0 Å². The highest BCUT2D eigenvalue weighted by molar-refractivity contribution is 6.42. The summed E-state index contributed by atoms with van der Waals surface area (Å²) in [5.41, 5.74) is 0.628. The zero-order valence-corrected chi connectivity index (χ0v) is 14.4. The molecule has 1 aromatic carbocycles. The summed E-state index contributed by atoms with van der Waals surface area (Å²) in [7, 11) is 0. The van der Waals surface area contributed by atoms with Crippen LogP contribution in [0, 0.1) is 0 Å². The first-order chi connectivity index (χ1) is 11.6. The monoisotopic (exact) mass is 365 g/mol. The number of carbonyl (C=O) groups is 1. The number of pyridine rings is 1. The molecule has 1 N–H and O–H groups in total. The Hall–Kier alpha value is -1.98. The molecule has 0 unspecified atom stereocenters. The summed E-state index contributed by atoms with van der Waals surface area (Å²) < 4.78 is 5.88. The Morgan fingerprint density at radius 1 is 1.21 bits per heavy atom. The summed E-state index contributed by atoms with van der Waals surface area (Å²) in [6, 6.07) is 8.61. The second-order valence-corrected chi connectivity index (χ2v) is 6.37. The van der Waals surface area contributed by atoms with Gasteiger partial charge in [0, 0.05) is 37.8 Å². The third-order valence-electron chi connectivity index (χ3n) is 3.84. The summed E-state index contributed by atoms with van der Waals surface area (Å²) in [6.07, 6.45) is 5.07. The van der Waals surface area contributed by atoms with E-state index in [9.17, 15) is 4.79 Å². The molecule has 5 nitrogen and oxygen atoms in total. The zero-order valence-electron chi connectivity index (χ0n) is 12.9. The van der Waals surface area contributed by atoms with E-state index in [0.717, 1.165) is 18.6 Å². The van der Waals surface area contributed by atoms with E-state index in [4.69, 9.17) is 27.9 Å². The molecule has 24 heavy (non-hydrogen) atoms. The van der Waals surface area contributed by atoms with Crippen LogP contribution in [-0.2, 0) is 0 Å². The van der Waals surface area contributed by atoms with Crippen LogP contribution in [0.4, 0.5) is 10.5 Å². The predicted molar refractivity (Wildman–Crippen MR) is 94.9 cm³/mol. The quantitative estimate of drug-likeness (QED) is 0.873. The molecule has 1 aliphatic heterocycles. The maximum absolute atomic E-state index is 12.3. The van der Waals surface area contributed by atoms with Gasteiger partial charge in [-0.2, -0.15) is 0 Å². The van der Waals surface area contributed by atoms with Crippen LogP contribution < -0.4 is 10.1 Å². The second kappa shape index (κ2) is 7.73. The Kier molecular flexibility index (Phi) is 5.43. The van der Waals surface area contributed by atoms with Crippen molar-refractivity contribution in [2.45, 2.75) is 18.9 Å². The molecule has 1 saturated heterocycles. The molecule has 3 rings (SSSR count). The topological polar surface area (TPSA) is 54.5 Å². The van der Waals surface area contributed by atoms with Gasteiger partial charge in [-0.25, -0.2) is 4.79 Å². The van der Waals surface area contributed by atoms with Crippen LogP contribution in [-0.4, -0.2) is 35.1 Å². The molecule has 2 aromatic rings. The van der Waals surface area contributed by atoms with Crippen molar-refractivity contribution in [3.05, 3.63) is 52.8 Å². The molecular formula is C17H17Cl2N3O2. The number of piperidine rings is 1. The smallest absolute Gasteiger partial charge is 0.321 e. The Balaban J connectivity index is 1.50. The van der Waals surface area contributed by atoms with Crippen LogP contribution in [0.3, 0.4) is 0 Å².